The molecule has 0 N–H and O–H groups in total. The molecule has 3 heteroatoms. The molecule has 1 aliphatic carbocycles. The average molecular weight is 310 g/mol. The molecule has 1 nitrogen and oxygen atoms in total. The molecule has 13 heavy (non-hydrogen) atoms. The largest absolute Gasteiger partial charge is 0.409 e. The molecule has 1 aliphatic rings. The third kappa shape index (κ3) is 3.71. The second kappa shape index (κ2) is 4.44. The van der Waals surface area contributed by atoms with Crippen molar-refractivity contribution in [2.24, 2.45) is 0 Å². The van der Waals surface area contributed by atoms with Crippen molar-refractivity contribution in [3.05, 3.63) is 10.2 Å². The third-order valence-corrected chi connectivity index (χ3v) is 3.70. The van der Waals surface area contributed by atoms with Gasteiger partial charge in [0.15, 0.2) is 8.32 Å². The number of halogens is 1. The van der Waals surface area contributed by atoms with Crippen LogP contribution in [0.5, 0.6) is 0 Å². The van der Waals surface area contributed by atoms with Crippen molar-refractivity contribution in [1.29, 1.82) is 0 Å². The molecular formula is C10H19IOSi. The highest BCUT2D eigenvalue weighted by atomic mass is 127. The molecule has 0 aromatic carbocycles. The molecule has 0 unspecified atom stereocenters. The van der Waals surface area contributed by atoms with E-state index in [1.165, 1.54) is 25.7 Å². The summed E-state index contributed by atoms with van der Waals surface area (Å²) in [6.45, 7) is 6.82. The van der Waals surface area contributed by atoms with Crippen molar-refractivity contribution >= 4 is 30.9 Å². The number of hydrogen-bond donors (Lipinski definition) is 0. The van der Waals surface area contributed by atoms with Crippen LogP contribution < -0.4 is 0 Å². The Labute approximate surface area is 96.2 Å². The Morgan fingerprint density at radius 3 is 2.15 bits per heavy atom. The lowest BCUT2D eigenvalue weighted by atomic mass is 10.0. The van der Waals surface area contributed by atoms with Gasteiger partial charge in [-0.05, 0) is 42.6 Å². The molecule has 1 rings (SSSR count). The Balaban J connectivity index is 2.68. The normalized spacial score (nSPS) is 22.8. The molecule has 0 spiro atoms. The molecule has 0 aliphatic heterocycles. The molecule has 0 bridgehead atoms. The van der Waals surface area contributed by atoms with E-state index < -0.39 is 8.32 Å². The molecule has 0 heterocycles. The van der Waals surface area contributed by atoms with Crippen molar-refractivity contribution in [2.45, 2.75) is 50.9 Å². The summed E-state index contributed by atoms with van der Waals surface area (Å²) in [6, 6.07) is 0. The maximum Gasteiger partial charge on any atom is 0.184 e. The molecule has 0 saturated heterocycles. The Hall–Kier alpha value is 0.647. The van der Waals surface area contributed by atoms with Crippen LogP contribution in [0.1, 0.15) is 25.7 Å². The molecule has 1 saturated carbocycles. The van der Waals surface area contributed by atoms with Crippen LogP contribution in [0.4, 0.5) is 0 Å². The van der Waals surface area contributed by atoms with Crippen LogP contribution in [-0.4, -0.2) is 13.9 Å². The number of hydrogen-bond acceptors (Lipinski definition) is 1. The first-order chi connectivity index (χ1) is 5.97. The Kier molecular flexibility index (Phi) is 4.01. The molecule has 0 radical (unpaired) electrons. The summed E-state index contributed by atoms with van der Waals surface area (Å²) >= 11 is 2.29. The van der Waals surface area contributed by atoms with Gasteiger partial charge in [0.1, 0.15) is 0 Å². The second-order valence-electron chi connectivity index (χ2n) is 4.78. The summed E-state index contributed by atoms with van der Waals surface area (Å²) in [6.07, 6.45) is 7.35. The highest BCUT2D eigenvalue weighted by Crippen LogP contribution is 2.37. The van der Waals surface area contributed by atoms with E-state index in [-0.39, 0.29) is 5.60 Å². The van der Waals surface area contributed by atoms with Crippen molar-refractivity contribution in [2.75, 3.05) is 0 Å². The minimum atomic E-state index is -1.39. The average Bonchev–Trinajstić information content (AvgIpc) is 2.33. The fraction of sp³-hybridized carbons (Fsp3) is 0.800. The lowest BCUT2D eigenvalue weighted by molar-refractivity contribution is 0.120. The molecule has 0 atom stereocenters. The van der Waals surface area contributed by atoms with Gasteiger partial charge in [-0.1, -0.05) is 35.4 Å². The van der Waals surface area contributed by atoms with Gasteiger partial charge in [0.2, 0.25) is 0 Å². The first kappa shape index (κ1) is 11.7. The van der Waals surface area contributed by atoms with E-state index in [1.54, 1.807) is 0 Å². The van der Waals surface area contributed by atoms with Gasteiger partial charge in [-0.3, -0.25) is 0 Å². The monoisotopic (exact) mass is 310 g/mol. The summed E-state index contributed by atoms with van der Waals surface area (Å²) in [5, 5.41) is 0. The van der Waals surface area contributed by atoms with E-state index in [1.807, 2.05) is 0 Å². The molecule has 1 fully saturated rings. The lowest BCUT2D eigenvalue weighted by Crippen LogP contribution is -2.39. The van der Waals surface area contributed by atoms with Crippen LogP contribution >= 0.6 is 22.6 Å². The zero-order valence-corrected chi connectivity index (χ0v) is 11.9. The third-order valence-electron chi connectivity index (χ3n) is 2.33. The van der Waals surface area contributed by atoms with Crippen molar-refractivity contribution in [1.82, 2.24) is 0 Å². The van der Waals surface area contributed by atoms with Crippen LogP contribution in [0.25, 0.3) is 0 Å². The van der Waals surface area contributed by atoms with Crippen molar-refractivity contribution in [3.8, 4) is 0 Å². The van der Waals surface area contributed by atoms with E-state index in [4.69, 9.17) is 4.43 Å². The Morgan fingerprint density at radius 2 is 1.77 bits per heavy atom. The molecule has 76 valence electrons. The van der Waals surface area contributed by atoms with Crippen LogP contribution in [0.2, 0.25) is 19.6 Å². The van der Waals surface area contributed by atoms with Crippen molar-refractivity contribution < 1.29 is 4.43 Å². The highest BCUT2D eigenvalue weighted by molar-refractivity contribution is 14.1. The first-order valence-electron chi connectivity index (χ1n) is 4.96. The van der Waals surface area contributed by atoms with E-state index in [2.05, 4.69) is 52.4 Å². The smallest absolute Gasteiger partial charge is 0.184 e. The SMILES string of the molecule is C[Si](C)(C)OC1(C=CI)CCCC1. The summed E-state index contributed by atoms with van der Waals surface area (Å²) in [5.74, 6) is 0. The van der Waals surface area contributed by atoms with Gasteiger partial charge in [0.25, 0.3) is 0 Å². The summed E-state index contributed by atoms with van der Waals surface area (Å²) in [7, 11) is -1.39. The molecule has 0 aromatic heterocycles. The van der Waals surface area contributed by atoms with E-state index in [0.717, 1.165) is 0 Å². The number of rotatable bonds is 3. The lowest BCUT2D eigenvalue weighted by Gasteiger charge is -2.33. The van der Waals surface area contributed by atoms with E-state index in [0.29, 0.717) is 0 Å². The first-order valence-corrected chi connectivity index (χ1v) is 9.61. The molecular weight excluding hydrogens is 291 g/mol. The van der Waals surface area contributed by atoms with Crippen LogP contribution in [-0.2, 0) is 4.43 Å². The van der Waals surface area contributed by atoms with E-state index >= 15 is 0 Å². The maximum absolute atomic E-state index is 6.27. The van der Waals surface area contributed by atoms with Gasteiger partial charge in [-0.25, -0.2) is 0 Å². The molecule has 0 amide bonds. The van der Waals surface area contributed by atoms with Crippen LogP contribution in [0, 0.1) is 0 Å². The minimum Gasteiger partial charge on any atom is -0.409 e. The van der Waals surface area contributed by atoms with Crippen molar-refractivity contribution in [3.63, 3.8) is 0 Å². The standard InChI is InChI=1S/C10H19IOSi/c1-13(2,3)12-10(8-9-11)6-4-5-7-10/h8-9H,4-7H2,1-3H3. The van der Waals surface area contributed by atoms with Gasteiger partial charge in [-0.2, -0.15) is 0 Å². The zero-order valence-electron chi connectivity index (χ0n) is 8.77. The fourth-order valence-electron chi connectivity index (χ4n) is 2.00. The minimum absolute atomic E-state index is 0.103. The molecule has 0 aromatic rings. The Bertz CT molecular complexity index is 190. The zero-order chi connectivity index (χ0) is 9.95. The Morgan fingerprint density at radius 1 is 1.23 bits per heavy atom. The highest BCUT2D eigenvalue weighted by Gasteiger charge is 2.36. The quantitative estimate of drug-likeness (QED) is 0.563. The van der Waals surface area contributed by atoms with Gasteiger partial charge < -0.3 is 4.43 Å². The predicted molar refractivity (Wildman–Crippen MR) is 68.8 cm³/mol. The summed E-state index contributed by atoms with van der Waals surface area (Å²) in [4.78, 5) is 0. The second-order valence-corrected chi connectivity index (χ2v) is 9.93. The fourth-order valence-corrected chi connectivity index (χ4v) is 4.15. The topological polar surface area (TPSA) is 9.23 Å². The van der Waals surface area contributed by atoms with Gasteiger partial charge in [0.05, 0.1) is 5.60 Å². The van der Waals surface area contributed by atoms with E-state index in [9.17, 15) is 0 Å². The van der Waals surface area contributed by atoms with Gasteiger partial charge in [0, 0.05) is 0 Å². The van der Waals surface area contributed by atoms with Gasteiger partial charge >= 0.3 is 0 Å². The van der Waals surface area contributed by atoms with Crippen LogP contribution in [0.3, 0.4) is 0 Å². The predicted octanol–water partition coefficient (Wildman–Crippen LogP) is 4.10. The summed E-state index contributed by atoms with van der Waals surface area (Å²) in [5.41, 5.74) is 0.103. The maximum atomic E-state index is 6.27. The van der Waals surface area contributed by atoms with Crippen LogP contribution in [0.15, 0.2) is 10.2 Å². The summed E-state index contributed by atoms with van der Waals surface area (Å²) < 4.78 is 8.39. The van der Waals surface area contributed by atoms with Gasteiger partial charge in [-0.15, -0.1) is 0 Å².